The highest BCUT2D eigenvalue weighted by atomic mass is 19.1. The van der Waals surface area contributed by atoms with Crippen molar-refractivity contribution in [3.05, 3.63) is 29.7 Å². The number of hydrogen-bond acceptors (Lipinski definition) is 5. The summed E-state index contributed by atoms with van der Waals surface area (Å²) in [5.74, 6) is 1.48. The third-order valence-corrected chi connectivity index (χ3v) is 4.96. The number of hydrogen-bond donors (Lipinski definition) is 1. The van der Waals surface area contributed by atoms with Crippen molar-refractivity contribution >= 4 is 11.0 Å². The first kappa shape index (κ1) is 13.8. The zero-order valence-corrected chi connectivity index (χ0v) is 12.5. The standard InChI is InChI=1S/C16H19FN4O/c1-22-14-3-2-13-16(20-14)9(12(17)6-19-13)4-5-21-7-10-11(8-21)15(10)18/h2-3,6,10-11,15H,4-5,7-8,18H2,1H3. The fraction of sp³-hybridized carbons (Fsp3) is 0.500. The Morgan fingerprint density at radius 3 is 2.86 bits per heavy atom. The lowest BCUT2D eigenvalue weighted by atomic mass is 10.1. The van der Waals surface area contributed by atoms with Gasteiger partial charge in [0, 0.05) is 37.3 Å². The van der Waals surface area contributed by atoms with Gasteiger partial charge in [-0.25, -0.2) is 9.37 Å². The van der Waals surface area contributed by atoms with Crippen LogP contribution in [-0.2, 0) is 6.42 Å². The summed E-state index contributed by atoms with van der Waals surface area (Å²) in [5, 5.41) is 0. The van der Waals surface area contributed by atoms with Gasteiger partial charge in [0.2, 0.25) is 5.88 Å². The SMILES string of the molecule is COc1ccc2ncc(F)c(CCN3CC4C(N)C4C3)c2n1. The van der Waals surface area contributed by atoms with Crippen LogP contribution in [0.15, 0.2) is 18.3 Å². The number of nitrogens with zero attached hydrogens (tertiary/aromatic N) is 3. The van der Waals surface area contributed by atoms with Crippen LogP contribution in [-0.4, -0.2) is 47.7 Å². The second-order valence-electron chi connectivity index (χ2n) is 6.22. The molecular formula is C16H19FN4O. The highest BCUT2D eigenvalue weighted by Crippen LogP contribution is 2.43. The highest BCUT2D eigenvalue weighted by molar-refractivity contribution is 5.78. The third-order valence-electron chi connectivity index (χ3n) is 4.96. The Kier molecular flexibility index (Phi) is 3.23. The quantitative estimate of drug-likeness (QED) is 0.919. The minimum absolute atomic E-state index is 0.297. The molecule has 2 atom stereocenters. The molecule has 1 saturated carbocycles. The summed E-state index contributed by atoms with van der Waals surface area (Å²) in [4.78, 5) is 10.8. The van der Waals surface area contributed by atoms with Gasteiger partial charge in [-0.3, -0.25) is 4.98 Å². The Labute approximate surface area is 128 Å². The molecule has 2 aromatic rings. The van der Waals surface area contributed by atoms with Crippen LogP contribution in [0.4, 0.5) is 4.39 Å². The lowest BCUT2D eigenvalue weighted by Gasteiger charge is -2.19. The molecule has 2 aromatic heterocycles. The van der Waals surface area contributed by atoms with Gasteiger partial charge in [0.25, 0.3) is 0 Å². The Morgan fingerprint density at radius 1 is 1.36 bits per heavy atom. The van der Waals surface area contributed by atoms with Gasteiger partial charge in [-0.15, -0.1) is 0 Å². The van der Waals surface area contributed by atoms with Crippen molar-refractivity contribution in [2.75, 3.05) is 26.7 Å². The van der Waals surface area contributed by atoms with Gasteiger partial charge in [0.1, 0.15) is 5.82 Å². The molecule has 0 radical (unpaired) electrons. The van der Waals surface area contributed by atoms with Crippen LogP contribution in [0.5, 0.6) is 5.88 Å². The molecule has 2 fully saturated rings. The number of fused-ring (bicyclic) bond motifs is 2. The molecule has 0 spiro atoms. The molecule has 2 aliphatic rings. The number of nitrogens with two attached hydrogens (primary N) is 1. The molecule has 2 N–H and O–H groups in total. The second kappa shape index (κ2) is 5.14. The molecule has 0 aromatic carbocycles. The Hall–Kier alpha value is -1.79. The Balaban J connectivity index is 1.56. The molecule has 5 nitrogen and oxygen atoms in total. The molecule has 1 saturated heterocycles. The molecule has 0 bridgehead atoms. The summed E-state index contributed by atoms with van der Waals surface area (Å²) in [7, 11) is 1.56. The summed E-state index contributed by atoms with van der Waals surface area (Å²) in [6, 6.07) is 3.95. The third kappa shape index (κ3) is 2.23. The van der Waals surface area contributed by atoms with E-state index in [1.165, 1.54) is 6.20 Å². The largest absolute Gasteiger partial charge is 0.481 e. The first-order valence-electron chi connectivity index (χ1n) is 7.63. The maximum Gasteiger partial charge on any atom is 0.213 e. The molecule has 1 aliphatic carbocycles. The van der Waals surface area contributed by atoms with Gasteiger partial charge in [0.05, 0.1) is 24.3 Å². The van der Waals surface area contributed by atoms with E-state index in [-0.39, 0.29) is 5.82 Å². The first-order valence-corrected chi connectivity index (χ1v) is 7.63. The highest BCUT2D eigenvalue weighted by Gasteiger charge is 2.53. The summed E-state index contributed by atoms with van der Waals surface area (Å²) >= 11 is 0. The number of pyridine rings is 2. The van der Waals surface area contributed by atoms with E-state index in [2.05, 4.69) is 14.9 Å². The fourth-order valence-electron chi connectivity index (χ4n) is 3.54. The van der Waals surface area contributed by atoms with Gasteiger partial charge < -0.3 is 15.4 Å². The number of likely N-dealkylation sites (tertiary alicyclic amines) is 1. The summed E-state index contributed by atoms with van der Waals surface area (Å²) < 4.78 is 19.3. The first-order chi connectivity index (χ1) is 10.7. The average molecular weight is 302 g/mol. The van der Waals surface area contributed by atoms with Crippen LogP contribution in [0, 0.1) is 17.7 Å². The van der Waals surface area contributed by atoms with E-state index in [9.17, 15) is 4.39 Å². The van der Waals surface area contributed by atoms with E-state index >= 15 is 0 Å². The van der Waals surface area contributed by atoms with E-state index in [4.69, 9.17) is 10.5 Å². The van der Waals surface area contributed by atoms with E-state index in [0.717, 1.165) is 19.6 Å². The molecule has 4 rings (SSSR count). The lowest BCUT2D eigenvalue weighted by molar-refractivity contribution is 0.300. The second-order valence-corrected chi connectivity index (χ2v) is 6.22. The number of halogens is 1. The van der Waals surface area contributed by atoms with Crippen molar-refractivity contribution in [1.82, 2.24) is 14.9 Å². The van der Waals surface area contributed by atoms with Crippen LogP contribution in [0.1, 0.15) is 5.56 Å². The molecule has 3 heterocycles. The maximum atomic E-state index is 14.2. The van der Waals surface area contributed by atoms with Gasteiger partial charge in [0.15, 0.2) is 0 Å². The van der Waals surface area contributed by atoms with Crippen LogP contribution in [0.3, 0.4) is 0 Å². The van der Waals surface area contributed by atoms with Crippen molar-refractivity contribution in [2.24, 2.45) is 17.6 Å². The van der Waals surface area contributed by atoms with E-state index < -0.39 is 0 Å². The molecule has 22 heavy (non-hydrogen) atoms. The summed E-state index contributed by atoms with van der Waals surface area (Å²) in [5.41, 5.74) is 7.87. The lowest BCUT2D eigenvalue weighted by Crippen LogP contribution is -2.30. The van der Waals surface area contributed by atoms with Crippen LogP contribution < -0.4 is 10.5 Å². The maximum absolute atomic E-state index is 14.2. The number of ether oxygens (including phenoxy) is 1. The summed E-state index contributed by atoms with van der Waals surface area (Å²) in [6.07, 6.45) is 1.91. The minimum Gasteiger partial charge on any atom is -0.481 e. The van der Waals surface area contributed by atoms with Crippen molar-refractivity contribution in [3.63, 3.8) is 0 Å². The Morgan fingerprint density at radius 2 is 2.14 bits per heavy atom. The smallest absolute Gasteiger partial charge is 0.213 e. The molecule has 6 heteroatoms. The monoisotopic (exact) mass is 302 g/mol. The zero-order valence-electron chi connectivity index (χ0n) is 12.5. The average Bonchev–Trinajstić information content (AvgIpc) is 2.96. The minimum atomic E-state index is -0.297. The van der Waals surface area contributed by atoms with Gasteiger partial charge in [-0.1, -0.05) is 0 Å². The number of aromatic nitrogens is 2. The predicted octanol–water partition coefficient (Wildman–Crippen LogP) is 1.21. The van der Waals surface area contributed by atoms with E-state index in [0.29, 0.717) is 46.8 Å². The number of rotatable bonds is 4. The van der Waals surface area contributed by atoms with E-state index in [1.807, 2.05) is 6.07 Å². The van der Waals surface area contributed by atoms with E-state index in [1.54, 1.807) is 13.2 Å². The molecule has 0 amide bonds. The van der Waals surface area contributed by atoms with Crippen molar-refractivity contribution in [1.29, 1.82) is 0 Å². The molecule has 1 aliphatic heterocycles. The fourth-order valence-corrected chi connectivity index (χ4v) is 3.54. The van der Waals surface area contributed by atoms with Crippen LogP contribution in [0.2, 0.25) is 0 Å². The predicted molar refractivity (Wildman–Crippen MR) is 81.1 cm³/mol. The van der Waals surface area contributed by atoms with Crippen LogP contribution >= 0.6 is 0 Å². The topological polar surface area (TPSA) is 64.3 Å². The van der Waals surface area contributed by atoms with Gasteiger partial charge in [-0.2, -0.15) is 0 Å². The zero-order chi connectivity index (χ0) is 15.3. The number of methoxy groups -OCH3 is 1. The van der Waals surface area contributed by atoms with Crippen molar-refractivity contribution in [3.8, 4) is 5.88 Å². The molecule has 2 unspecified atom stereocenters. The van der Waals surface area contributed by atoms with Crippen molar-refractivity contribution < 1.29 is 9.13 Å². The molecule has 116 valence electrons. The summed E-state index contributed by atoms with van der Waals surface area (Å²) in [6.45, 7) is 2.90. The van der Waals surface area contributed by atoms with Gasteiger partial charge in [-0.05, 0) is 24.3 Å². The molecular weight excluding hydrogens is 283 g/mol. The normalized spacial score (nSPS) is 27.1. The van der Waals surface area contributed by atoms with Crippen molar-refractivity contribution in [2.45, 2.75) is 12.5 Å². The Bertz CT molecular complexity index is 711. The van der Waals surface area contributed by atoms with Crippen LogP contribution in [0.25, 0.3) is 11.0 Å². The number of piperidine rings is 1. The van der Waals surface area contributed by atoms with Gasteiger partial charge >= 0.3 is 0 Å².